The minimum Gasteiger partial charge on any atom is -0.356 e. The van der Waals surface area contributed by atoms with Crippen molar-refractivity contribution < 1.29 is 9.59 Å². The smallest absolute Gasteiger partial charge is 0.237 e. The van der Waals surface area contributed by atoms with Gasteiger partial charge in [-0.1, -0.05) is 39.5 Å². The molecule has 1 saturated heterocycles. The normalized spacial score (nSPS) is 26.3. The molecule has 2 aliphatic rings. The van der Waals surface area contributed by atoms with Crippen LogP contribution in [-0.2, 0) is 9.59 Å². The lowest BCUT2D eigenvalue weighted by atomic mass is 9.86. The maximum Gasteiger partial charge on any atom is 0.237 e. The Kier molecular flexibility index (Phi) is 8.89. The second kappa shape index (κ2) is 10.9. The largest absolute Gasteiger partial charge is 0.356 e. The average molecular weight is 366 g/mol. The molecule has 1 aliphatic carbocycles. The lowest BCUT2D eigenvalue weighted by Crippen LogP contribution is -2.53. The van der Waals surface area contributed by atoms with Gasteiger partial charge in [-0.25, -0.2) is 0 Å². The van der Waals surface area contributed by atoms with Crippen molar-refractivity contribution in [2.24, 2.45) is 11.8 Å². The highest BCUT2D eigenvalue weighted by Crippen LogP contribution is 2.24. The van der Waals surface area contributed by atoms with Gasteiger partial charge in [0.25, 0.3) is 0 Å². The number of unbranched alkanes of at least 4 members (excludes halogenated alkanes) is 2. The molecule has 3 unspecified atom stereocenters. The van der Waals surface area contributed by atoms with E-state index >= 15 is 0 Å². The molecule has 0 aromatic heterocycles. The summed E-state index contributed by atoms with van der Waals surface area (Å²) in [7, 11) is 0. The summed E-state index contributed by atoms with van der Waals surface area (Å²) in [5, 5.41) is 6.36. The van der Waals surface area contributed by atoms with E-state index in [0.717, 1.165) is 45.3 Å². The molecule has 1 aliphatic heterocycles. The van der Waals surface area contributed by atoms with E-state index in [0.29, 0.717) is 12.0 Å². The molecule has 2 fully saturated rings. The van der Waals surface area contributed by atoms with Gasteiger partial charge >= 0.3 is 0 Å². The Hall–Kier alpha value is -1.10. The lowest BCUT2D eigenvalue weighted by Gasteiger charge is -2.36. The third-order valence-electron chi connectivity index (χ3n) is 6.35. The third-order valence-corrected chi connectivity index (χ3v) is 6.35. The molecule has 1 heterocycles. The second-order valence-electron chi connectivity index (χ2n) is 8.36. The Morgan fingerprint density at radius 1 is 1.08 bits per heavy atom. The van der Waals surface area contributed by atoms with Gasteiger partial charge in [-0.05, 0) is 58.0 Å². The first-order chi connectivity index (χ1) is 12.5. The van der Waals surface area contributed by atoms with E-state index in [4.69, 9.17) is 0 Å². The summed E-state index contributed by atoms with van der Waals surface area (Å²) in [6.07, 6.45) is 9.97. The summed E-state index contributed by atoms with van der Waals surface area (Å²) in [5.74, 6) is 1.06. The molecule has 1 saturated carbocycles. The van der Waals surface area contributed by atoms with Crippen molar-refractivity contribution in [2.45, 2.75) is 90.6 Å². The van der Waals surface area contributed by atoms with Crippen LogP contribution in [0.25, 0.3) is 0 Å². The fourth-order valence-corrected chi connectivity index (χ4v) is 4.28. The van der Waals surface area contributed by atoms with Crippen LogP contribution in [0.5, 0.6) is 0 Å². The Morgan fingerprint density at radius 2 is 1.77 bits per heavy atom. The zero-order valence-corrected chi connectivity index (χ0v) is 17.1. The number of nitrogens with one attached hydrogen (secondary N) is 2. The number of likely N-dealkylation sites (tertiary alicyclic amines) is 1. The Morgan fingerprint density at radius 3 is 2.42 bits per heavy atom. The molecule has 26 heavy (non-hydrogen) atoms. The van der Waals surface area contributed by atoms with Crippen molar-refractivity contribution in [3.63, 3.8) is 0 Å². The van der Waals surface area contributed by atoms with Crippen LogP contribution in [0.1, 0.15) is 78.6 Å². The van der Waals surface area contributed by atoms with E-state index in [1.807, 2.05) is 6.92 Å². The molecular formula is C21H39N3O2. The molecular weight excluding hydrogens is 326 g/mol. The monoisotopic (exact) mass is 365 g/mol. The van der Waals surface area contributed by atoms with Crippen molar-refractivity contribution in [1.29, 1.82) is 0 Å². The van der Waals surface area contributed by atoms with Gasteiger partial charge in [0.1, 0.15) is 0 Å². The standard InChI is InChI=1S/C21H39N3O2/c1-4-5-8-13-22-21(26)18-11-14-24(15-12-18)17(3)20(25)23-19-10-7-6-9-16(19)2/h16-19H,4-15H2,1-3H3,(H,22,26)(H,23,25). The minimum absolute atomic E-state index is 0.0994. The van der Waals surface area contributed by atoms with Gasteiger partial charge < -0.3 is 10.6 Å². The first kappa shape index (κ1) is 21.2. The van der Waals surface area contributed by atoms with Crippen LogP contribution in [0, 0.1) is 11.8 Å². The number of rotatable bonds is 8. The van der Waals surface area contributed by atoms with E-state index in [-0.39, 0.29) is 23.8 Å². The number of hydrogen-bond acceptors (Lipinski definition) is 3. The number of carbonyl (C=O) groups excluding carboxylic acids is 2. The highest BCUT2D eigenvalue weighted by molar-refractivity contribution is 5.82. The maximum atomic E-state index is 12.6. The molecule has 0 aromatic rings. The van der Waals surface area contributed by atoms with Gasteiger partial charge in [0.05, 0.1) is 6.04 Å². The fourth-order valence-electron chi connectivity index (χ4n) is 4.28. The molecule has 0 spiro atoms. The van der Waals surface area contributed by atoms with Gasteiger partial charge in [-0.2, -0.15) is 0 Å². The van der Waals surface area contributed by atoms with Crippen molar-refractivity contribution in [3.8, 4) is 0 Å². The van der Waals surface area contributed by atoms with Crippen LogP contribution in [0.2, 0.25) is 0 Å². The molecule has 2 rings (SSSR count). The molecule has 2 N–H and O–H groups in total. The van der Waals surface area contributed by atoms with Crippen LogP contribution < -0.4 is 10.6 Å². The number of carbonyl (C=O) groups is 2. The minimum atomic E-state index is -0.0994. The topological polar surface area (TPSA) is 61.4 Å². The molecule has 0 bridgehead atoms. The molecule has 2 amide bonds. The van der Waals surface area contributed by atoms with E-state index in [1.54, 1.807) is 0 Å². The molecule has 5 heteroatoms. The van der Waals surface area contributed by atoms with E-state index < -0.39 is 0 Å². The number of nitrogens with zero attached hydrogens (tertiary/aromatic N) is 1. The van der Waals surface area contributed by atoms with Crippen molar-refractivity contribution in [1.82, 2.24) is 15.5 Å². The van der Waals surface area contributed by atoms with Gasteiger partial charge in [0.2, 0.25) is 11.8 Å². The zero-order valence-electron chi connectivity index (χ0n) is 17.1. The number of piperidine rings is 1. The number of hydrogen-bond donors (Lipinski definition) is 2. The summed E-state index contributed by atoms with van der Waals surface area (Å²) in [6, 6.07) is 0.239. The summed E-state index contributed by atoms with van der Waals surface area (Å²) >= 11 is 0. The predicted octanol–water partition coefficient (Wildman–Crippen LogP) is 3.09. The molecule has 150 valence electrons. The van der Waals surface area contributed by atoms with Gasteiger partial charge in [0, 0.05) is 18.5 Å². The van der Waals surface area contributed by atoms with Crippen LogP contribution in [0.3, 0.4) is 0 Å². The van der Waals surface area contributed by atoms with Crippen molar-refractivity contribution in [3.05, 3.63) is 0 Å². The van der Waals surface area contributed by atoms with E-state index in [9.17, 15) is 9.59 Å². The van der Waals surface area contributed by atoms with Crippen molar-refractivity contribution in [2.75, 3.05) is 19.6 Å². The average Bonchev–Trinajstić information content (AvgIpc) is 2.66. The van der Waals surface area contributed by atoms with Crippen LogP contribution in [0.15, 0.2) is 0 Å². The number of amides is 2. The van der Waals surface area contributed by atoms with Crippen LogP contribution >= 0.6 is 0 Å². The Balaban J connectivity index is 1.70. The van der Waals surface area contributed by atoms with Gasteiger partial charge in [0.15, 0.2) is 0 Å². The fraction of sp³-hybridized carbons (Fsp3) is 0.905. The van der Waals surface area contributed by atoms with E-state index in [1.165, 1.54) is 32.1 Å². The molecule has 5 nitrogen and oxygen atoms in total. The second-order valence-corrected chi connectivity index (χ2v) is 8.36. The highest BCUT2D eigenvalue weighted by Gasteiger charge is 2.31. The van der Waals surface area contributed by atoms with Gasteiger partial charge in [-0.15, -0.1) is 0 Å². The molecule has 3 atom stereocenters. The summed E-state index contributed by atoms with van der Waals surface area (Å²) in [5.41, 5.74) is 0. The summed E-state index contributed by atoms with van der Waals surface area (Å²) in [6.45, 7) is 8.89. The van der Waals surface area contributed by atoms with Crippen LogP contribution in [-0.4, -0.2) is 48.4 Å². The quantitative estimate of drug-likeness (QED) is 0.650. The lowest BCUT2D eigenvalue weighted by molar-refractivity contribution is -0.129. The first-order valence-corrected chi connectivity index (χ1v) is 10.8. The van der Waals surface area contributed by atoms with Crippen molar-refractivity contribution >= 4 is 11.8 Å². The summed E-state index contributed by atoms with van der Waals surface area (Å²) < 4.78 is 0. The zero-order chi connectivity index (χ0) is 18.9. The first-order valence-electron chi connectivity index (χ1n) is 10.8. The third kappa shape index (κ3) is 6.26. The predicted molar refractivity (Wildman–Crippen MR) is 106 cm³/mol. The van der Waals surface area contributed by atoms with E-state index in [2.05, 4.69) is 29.4 Å². The maximum absolute atomic E-state index is 12.6. The van der Waals surface area contributed by atoms with Gasteiger partial charge in [-0.3, -0.25) is 14.5 Å². The highest BCUT2D eigenvalue weighted by atomic mass is 16.2. The van der Waals surface area contributed by atoms with Crippen LogP contribution in [0.4, 0.5) is 0 Å². The summed E-state index contributed by atoms with van der Waals surface area (Å²) in [4.78, 5) is 27.1. The Labute approximate surface area is 159 Å². The molecule has 0 aromatic carbocycles. The Bertz CT molecular complexity index is 447. The SMILES string of the molecule is CCCCCNC(=O)C1CCN(C(C)C(=O)NC2CCCCC2C)CC1. The molecule has 0 radical (unpaired) electrons.